The topological polar surface area (TPSA) is 626 Å². The second-order valence-corrected chi connectivity index (χ2v) is 35.9. The summed E-state index contributed by atoms with van der Waals surface area (Å²) in [5.41, 5.74) is 13.2. The number of aromatic nitrogens is 1. The molecule has 4 heterocycles. The van der Waals surface area contributed by atoms with Gasteiger partial charge in [-0.05, 0) is 83.7 Å². The molecule has 0 spiro atoms. The van der Waals surface area contributed by atoms with Gasteiger partial charge >= 0.3 is 11.9 Å². The van der Waals surface area contributed by atoms with E-state index in [0.717, 1.165) is 59.2 Å². The van der Waals surface area contributed by atoms with E-state index >= 15 is 19.2 Å². The summed E-state index contributed by atoms with van der Waals surface area (Å²) in [5.74, 6) is -22.8. The van der Waals surface area contributed by atoms with Crippen molar-refractivity contribution in [2.24, 2.45) is 17.4 Å². The molecule has 3 saturated heterocycles. The highest BCUT2D eigenvalue weighted by Crippen LogP contribution is 2.25. The third kappa shape index (κ3) is 33.4. The van der Waals surface area contributed by atoms with Crippen LogP contribution >= 0.6 is 35.3 Å². The van der Waals surface area contributed by atoms with Crippen molar-refractivity contribution in [1.29, 1.82) is 5.41 Å². The number of hydrogen-bond donors (Lipinski definition) is 19. The minimum atomic E-state index is -2.22. The van der Waals surface area contributed by atoms with E-state index < -0.39 is 268 Å². The van der Waals surface area contributed by atoms with Gasteiger partial charge in [0.15, 0.2) is 5.96 Å². The van der Waals surface area contributed by atoms with Crippen molar-refractivity contribution in [3.8, 4) is 0 Å². The van der Waals surface area contributed by atoms with Gasteiger partial charge in [-0.1, -0.05) is 86.6 Å². The van der Waals surface area contributed by atoms with E-state index in [2.05, 4.69) is 74.1 Å². The number of aromatic amines is 1. The number of para-hydroxylation sites is 1. The summed E-state index contributed by atoms with van der Waals surface area (Å²) in [6, 6.07) is 4.80. The Balaban J connectivity index is 1.23. The van der Waals surface area contributed by atoms with E-state index in [-0.39, 0.29) is 86.2 Å². The molecule has 0 aliphatic carbocycles. The number of halogens is 1. The molecule has 0 radical (unpaired) electrons. The number of nitrogens with two attached hydrogens (primary N) is 2. The summed E-state index contributed by atoms with van der Waals surface area (Å²) in [6.45, 7) is 2.29. The van der Waals surface area contributed by atoms with Gasteiger partial charge in [-0.25, -0.2) is 4.39 Å². The molecule has 11 atom stereocenters. The highest BCUT2D eigenvalue weighted by atomic mass is 32.2. The lowest BCUT2D eigenvalue weighted by atomic mass is 9.97. The Labute approximate surface area is 771 Å². The summed E-state index contributed by atoms with van der Waals surface area (Å²) in [4.78, 5) is 280. The number of rotatable bonds is 22. The third-order valence-corrected chi connectivity index (χ3v) is 24.6. The van der Waals surface area contributed by atoms with Gasteiger partial charge in [0.05, 0.1) is 33.0 Å². The largest absolute Gasteiger partial charge is 0.481 e. The molecule has 5 aromatic rings. The van der Waals surface area contributed by atoms with Crippen molar-refractivity contribution >= 4 is 175 Å². The minimum absolute atomic E-state index is 0.0315. The number of carboxylic acid groups (broad SMARTS) is 2. The van der Waals surface area contributed by atoms with Crippen LogP contribution < -0.4 is 80.6 Å². The van der Waals surface area contributed by atoms with Gasteiger partial charge in [0.25, 0.3) is 0 Å². The Bertz CT molecular complexity index is 5040. The third-order valence-electron chi connectivity index (χ3n) is 21.4. The predicted octanol–water partition coefficient (Wildman–Crippen LogP) is -2.27. The van der Waals surface area contributed by atoms with Gasteiger partial charge in [0.2, 0.25) is 100 Å². The molecule has 3 fully saturated rings. The first-order valence-electron chi connectivity index (χ1n) is 42.7. The summed E-state index contributed by atoms with van der Waals surface area (Å²) in [6.07, 6.45) is -4.94. The van der Waals surface area contributed by atoms with Crippen LogP contribution in [0.15, 0.2) is 97.2 Å². The maximum atomic E-state index is 15.6. The monoisotopic (exact) mass is 1890 g/mol. The first-order valence-corrected chi connectivity index (χ1v) is 46.2. The Morgan fingerprint density at radius 3 is 1.60 bits per heavy atom. The molecule has 42 nitrogen and oxygen atoms in total. The maximum Gasteiger partial charge on any atom is 0.305 e. The van der Waals surface area contributed by atoms with Crippen molar-refractivity contribution in [3.63, 3.8) is 0 Å². The zero-order chi connectivity index (χ0) is 96.4. The second-order valence-electron chi connectivity index (χ2n) is 32.5. The van der Waals surface area contributed by atoms with Crippen molar-refractivity contribution in [2.75, 3.05) is 81.7 Å². The smallest absolute Gasteiger partial charge is 0.305 e. The van der Waals surface area contributed by atoms with Gasteiger partial charge < -0.3 is 115 Å². The van der Waals surface area contributed by atoms with Crippen LogP contribution in [-0.2, 0) is 110 Å². The minimum Gasteiger partial charge on any atom is -0.481 e. The molecule has 132 heavy (non-hydrogen) atoms. The fourth-order valence-corrected chi connectivity index (χ4v) is 17.3. The van der Waals surface area contributed by atoms with Crippen molar-refractivity contribution in [1.82, 2.24) is 93.7 Å². The molecule has 1 aromatic heterocycles. The maximum absolute atomic E-state index is 15.6. The van der Waals surface area contributed by atoms with Crippen LogP contribution in [0.5, 0.6) is 0 Å². The number of fused-ring (bicyclic) bond motifs is 9. The molecular formula is C86H114FN21O21S3. The molecule has 46 heteroatoms. The summed E-state index contributed by atoms with van der Waals surface area (Å²) in [7, 11) is 3.18. The molecular weight excluding hydrogens is 1780 g/mol. The highest BCUT2D eigenvalue weighted by molar-refractivity contribution is 7.99. The Hall–Kier alpha value is -13.1. The van der Waals surface area contributed by atoms with Gasteiger partial charge in [0.1, 0.15) is 72.3 Å². The fourth-order valence-electron chi connectivity index (χ4n) is 14.4. The standard InChI is InChI=1S/C86H114FN21O21S3/c1-47(2)34-60-79(123)97-59(24-26-73(115)116)78(122)102-64(38-74(117)118)83(127)104-67-43-132-33-29-72(114)108-45-106(44-107(46-108)71(113)28-32-131-42-66(94-48(3)109)84(128)98-58(23-25-68(88)110)77(121)100-62(82(126)99-60)36-51-14-10-13-50-12-6-7-15-54(50)51)70(112)27-31-130-41-65(75(89)119)103-80(124)61(35-49-19-21-53(87)22-20-49)95-69(111)40-93-76(120)57(18-11-30-91-86(90)105(4)5)96-81(125)63(101-85(67)129)37-52-39-92-56-17-9-8-16-55(52)56/h6-10,12-17,19-22,39,47,57-67,92H,11,18,23-38,40-46H2,1-5H3,(H2,88,110)(H2,89,119)(H2,90,91)(H,93,120)(H,94,109)(H,95,111)(H,96,125)(H,97,123)(H,98,128)(H,99,126)(H,100,121)(H,101,129)(H,102,122)(H,103,124)(H,104,127)(H,115,116)(H,117,118)/t57-,58-,59-,60-,61-,62?,63-,64-,65-,66-,67-/m0/s1. The van der Waals surface area contributed by atoms with Crippen LogP contribution in [-0.4, -0.2) is 301 Å². The summed E-state index contributed by atoms with van der Waals surface area (Å²) >= 11 is 2.81. The number of primary amides is 2. The lowest BCUT2D eigenvalue weighted by Gasteiger charge is -2.42. The Kier molecular flexibility index (Phi) is 40.6. The van der Waals surface area contributed by atoms with E-state index in [1.807, 2.05) is 0 Å². The number of hydrogen-bond acceptors (Lipinski definition) is 23. The van der Waals surface area contributed by atoms with Crippen molar-refractivity contribution in [2.45, 2.75) is 177 Å². The lowest BCUT2D eigenvalue weighted by Crippen LogP contribution is -2.61. The van der Waals surface area contributed by atoms with Crippen LogP contribution in [0.3, 0.4) is 0 Å². The average molecular weight is 1890 g/mol. The van der Waals surface area contributed by atoms with Gasteiger partial charge in [-0.3, -0.25) is 96.5 Å². The van der Waals surface area contributed by atoms with Crippen LogP contribution in [0.25, 0.3) is 21.7 Å². The molecule has 17 amide bonds. The second kappa shape index (κ2) is 51.5. The lowest BCUT2D eigenvalue weighted by molar-refractivity contribution is -0.158. The molecule has 714 valence electrons. The number of aliphatic carboxylic acids is 2. The molecule has 0 saturated carbocycles. The van der Waals surface area contributed by atoms with E-state index in [1.54, 1.807) is 94.7 Å². The van der Waals surface area contributed by atoms with Crippen molar-refractivity contribution in [3.05, 3.63) is 120 Å². The van der Waals surface area contributed by atoms with Gasteiger partial charge in [0, 0.05) is 131 Å². The Morgan fingerprint density at radius 1 is 0.523 bits per heavy atom. The molecule has 3 aliphatic heterocycles. The van der Waals surface area contributed by atoms with Crippen LogP contribution in [0.4, 0.5) is 4.39 Å². The zero-order valence-electron chi connectivity index (χ0n) is 73.5. The van der Waals surface area contributed by atoms with E-state index in [0.29, 0.717) is 38.4 Å². The first-order chi connectivity index (χ1) is 62.8. The summed E-state index contributed by atoms with van der Waals surface area (Å²) < 4.78 is 14.3. The highest BCUT2D eigenvalue weighted by Gasteiger charge is 2.40. The molecule has 4 bridgehead atoms. The van der Waals surface area contributed by atoms with Crippen LogP contribution in [0, 0.1) is 17.1 Å². The number of nitrogens with zero attached hydrogens (tertiary/aromatic N) is 4. The van der Waals surface area contributed by atoms with E-state index in [4.69, 9.17) is 16.9 Å². The molecule has 8 rings (SSSR count). The number of thioether (sulfide) groups is 3. The normalized spacial score (nSPS) is 22.9. The molecule has 1 unspecified atom stereocenters. The average Bonchev–Trinajstić information content (AvgIpc) is 1.73. The molecule has 3 aliphatic rings. The van der Waals surface area contributed by atoms with E-state index in [1.165, 1.54) is 33.0 Å². The Morgan fingerprint density at radius 2 is 1.02 bits per heavy atom. The molecule has 4 aromatic carbocycles. The number of guanidine groups is 1. The SMILES string of the molecule is CC(=O)N[C@H]1CSCCC(=O)N2CN3CN(C2)C(=O)CCSC[C@H](NC(=O)[C@H](CC(=O)O)NC(=O)[C@H](CCC(=O)O)NC(=O)[C@H](CC(C)C)NC(=O)C(Cc2cccc4ccccc24)NC(=O)[C@H](CCC(N)=O)NC1=O)C(=O)N[C@@H](Cc1c[nH]c2ccccc12)C(=O)N[C@@H](CCCNC(=N)N(C)C)C(=O)NCC(=O)N[C@@H](Cc1ccc(F)cc1)C(=O)N[C@H](C(N)=O)CSCCC3=O. The van der Waals surface area contributed by atoms with Crippen molar-refractivity contribution < 1.29 is 106 Å². The van der Waals surface area contributed by atoms with Crippen LogP contribution in [0.1, 0.15) is 108 Å². The first kappa shape index (κ1) is 104. The molecule has 21 N–H and O–H groups in total. The number of carboxylic acids is 2. The zero-order valence-corrected chi connectivity index (χ0v) is 76.0. The number of H-pyrrole nitrogens is 1. The predicted molar refractivity (Wildman–Crippen MR) is 485 cm³/mol. The van der Waals surface area contributed by atoms with E-state index in [9.17, 15) is 86.5 Å². The quantitative estimate of drug-likeness (QED) is 0.0197. The van der Waals surface area contributed by atoms with Gasteiger partial charge in [-0.2, -0.15) is 35.3 Å². The fraction of sp³-hybridized carbons (Fsp3) is 0.488. The van der Waals surface area contributed by atoms with Crippen LogP contribution in [0.2, 0.25) is 0 Å². The number of nitrogens with one attached hydrogen (secondary N) is 15. The number of carbonyl (C=O) groups excluding carboxylic acids is 17. The number of carbonyl (C=O) groups is 19. The van der Waals surface area contributed by atoms with Gasteiger partial charge in [-0.15, -0.1) is 0 Å². The number of benzene rings is 4. The number of amides is 17. The summed E-state index contributed by atoms with van der Waals surface area (Å²) in [5, 5.41) is 64.1.